The van der Waals surface area contributed by atoms with Crippen LogP contribution in [0.1, 0.15) is 42.5 Å². The highest BCUT2D eigenvalue weighted by molar-refractivity contribution is 6.10. The second-order valence-corrected chi connectivity index (χ2v) is 9.69. The highest BCUT2D eigenvalue weighted by Crippen LogP contribution is 2.36. The van der Waals surface area contributed by atoms with Crippen molar-refractivity contribution in [1.82, 2.24) is 30.2 Å². The topological polar surface area (TPSA) is 92.6 Å². The second-order valence-electron chi connectivity index (χ2n) is 9.69. The van der Waals surface area contributed by atoms with Crippen LogP contribution in [0, 0.1) is 23.4 Å². The van der Waals surface area contributed by atoms with Gasteiger partial charge in [0.25, 0.3) is 5.91 Å². The molecule has 6 rings (SSSR count). The van der Waals surface area contributed by atoms with Gasteiger partial charge in [-0.2, -0.15) is 5.21 Å². The molecule has 3 aromatic carbocycles. The monoisotopic (exact) mass is 531 g/mol. The second kappa shape index (κ2) is 10.3. The number of carbonyl (C=O) groups excluding carboxylic acids is 1. The molecule has 1 fully saturated rings. The Hall–Kier alpha value is -4.54. The fourth-order valence-corrected chi connectivity index (χ4v) is 5.22. The van der Waals surface area contributed by atoms with Gasteiger partial charge in [0.05, 0.1) is 16.7 Å². The molecule has 1 aliphatic carbocycles. The molecular weight excluding hydrogens is 507 g/mol. The standard InChI is InChI=1S/C28H24F3N7O/c29-20-14-23-25(15-21(20)30)37(16-17-7-3-1-4-8-17)28(32-23)38(27(39)18-9-5-2-6-10-18)24-12-11-19(13-22(24)31)26-33-35-36-34-26/h2,5-6,9-15,17H,1,3-4,7-8,16H2,(H,33,34,35,36). The van der Waals surface area contributed by atoms with Gasteiger partial charge in [-0.15, -0.1) is 10.2 Å². The minimum Gasteiger partial charge on any atom is -0.309 e. The number of aromatic nitrogens is 6. The minimum absolute atomic E-state index is 0.0720. The van der Waals surface area contributed by atoms with Gasteiger partial charge in [0.1, 0.15) is 5.82 Å². The molecule has 1 saturated carbocycles. The van der Waals surface area contributed by atoms with Gasteiger partial charge in [-0.05, 0) is 54.3 Å². The number of nitrogens with zero attached hydrogens (tertiary/aromatic N) is 6. The van der Waals surface area contributed by atoms with E-state index in [0.717, 1.165) is 44.2 Å². The molecule has 2 aromatic heterocycles. The van der Waals surface area contributed by atoms with Gasteiger partial charge in [0, 0.05) is 29.8 Å². The normalized spacial score (nSPS) is 14.1. The van der Waals surface area contributed by atoms with Crippen LogP contribution in [0.5, 0.6) is 0 Å². The summed E-state index contributed by atoms with van der Waals surface area (Å²) in [4.78, 5) is 19.7. The molecule has 1 N–H and O–H groups in total. The van der Waals surface area contributed by atoms with E-state index in [4.69, 9.17) is 0 Å². The maximum absolute atomic E-state index is 15.8. The van der Waals surface area contributed by atoms with E-state index in [2.05, 4.69) is 25.6 Å². The third-order valence-electron chi connectivity index (χ3n) is 7.15. The maximum atomic E-state index is 15.8. The van der Waals surface area contributed by atoms with E-state index in [0.29, 0.717) is 23.2 Å². The van der Waals surface area contributed by atoms with Crippen molar-refractivity contribution in [1.29, 1.82) is 0 Å². The van der Waals surface area contributed by atoms with E-state index < -0.39 is 23.4 Å². The van der Waals surface area contributed by atoms with Crippen LogP contribution >= 0.6 is 0 Å². The molecule has 0 bridgehead atoms. The number of hydrogen-bond acceptors (Lipinski definition) is 5. The van der Waals surface area contributed by atoms with Crippen LogP contribution in [-0.2, 0) is 6.54 Å². The first kappa shape index (κ1) is 24.8. The summed E-state index contributed by atoms with van der Waals surface area (Å²) >= 11 is 0. The van der Waals surface area contributed by atoms with Crippen molar-refractivity contribution in [3.8, 4) is 11.4 Å². The smallest absolute Gasteiger partial charge is 0.265 e. The Bertz CT molecular complexity index is 1630. The van der Waals surface area contributed by atoms with Gasteiger partial charge in [-0.1, -0.05) is 37.5 Å². The predicted molar refractivity (Wildman–Crippen MR) is 139 cm³/mol. The summed E-state index contributed by atoms with van der Waals surface area (Å²) in [7, 11) is 0. The molecule has 0 spiro atoms. The highest BCUT2D eigenvalue weighted by Gasteiger charge is 2.30. The number of hydrogen-bond donors (Lipinski definition) is 1. The van der Waals surface area contributed by atoms with E-state index in [9.17, 15) is 13.6 Å². The van der Waals surface area contributed by atoms with Gasteiger partial charge < -0.3 is 4.57 Å². The largest absolute Gasteiger partial charge is 0.309 e. The molecule has 1 amide bonds. The number of amides is 1. The molecule has 8 nitrogen and oxygen atoms in total. The number of fused-ring (bicyclic) bond motifs is 1. The molecule has 0 atom stereocenters. The lowest BCUT2D eigenvalue weighted by Gasteiger charge is -2.27. The molecule has 0 aliphatic heterocycles. The summed E-state index contributed by atoms with van der Waals surface area (Å²) in [6, 6.07) is 14.7. The lowest BCUT2D eigenvalue weighted by atomic mass is 9.89. The maximum Gasteiger partial charge on any atom is 0.265 e. The first-order chi connectivity index (χ1) is 19.0. The lowest BCUT2D eigenvalue weighted by Crippen LogP contribution is -2.30. The van der Waals surface area contributed by atoms with Crippen molar-refractivity contribution >= 4 is 28.6 Å². The fourth-order valence-electron chi connectivity index (χ4n) is 5.22. The number of rotatable bonds is 6. The van der Waals surface area contributed by atoms with E-state index >= 15 is 4.39 Å². The number of aromatic amines is 1. The van der Waals surface area contributed by atoms with Crippen LogP contribution in [0.15, 0.2) is 60.7 Å². The first-order valence-corrected chi connectivity index (χ1v) is 12.8. The van der Waals surface area contributed by atoms with Crippen molar-refractivity contribution in [3.63, 3.8) is 0 Å². The number of anilines is 2. The molecule has 2 heterocycles. The Kier molecular flexibility index (Phi) is 6.55. The molecule has 198 valence electrons. The zero-order valence-corrected chi connectivity index (χ0v) is 20.8. The lowest BCUT2D eigenvalue weighted by molar-refractivity contribution is 0.0996. The van der Waals surface area contributed by atoms with Crippen molar-refractivity contribution < 1.29 is 18.0 Å². The molecule has 0 radical (unpaired) electrons. The summed E-state index contributed by atoms with van der Waals surface area (Å²) < 4.78 is 46.2. The molecule has 5 aromatic rings. The van der Waals surface area contributed by atoms with Crippen molar-refractivity contribution in [2.45, 2.75) is 38.6 Å². The van der Waals surface area contributed by atoms with Gasteiger partial charge in [-0.3, -0.25) is 4.79 Å². The number of halogens is 3. The number of tetrazole rings is 1. The fraction of sp³-hybridized carbons (Fsp3) is 0.250. The SMILES string of the molecule is O=C(c1ccccc1)N(c1ccc(-c2nn[nH]n2)cc1F)c1nc2cc(F)c(F)cc2n1CC1CCCCC1. The van der Waals surface area contributed by atoms with E-state index in [-0.39, 0.29) is 28.9 Å². The number of nitrogens with one attached hydrogen (secondary N) is 1. The first-order valence-electron chi connectivity index (χ1n) is 12.8. The Morgan fingerprint density at radius 3 is 2.44 bits per heavy atom. The van der Waals surface area contributed by atoms with Crippen LogP contribution in [0.3, 0.4) is 0 Å². The van der Waals surface area contributed by atoms with Crippen LogP contribution in [0.2, 0.25) is 0 Å². The Balaban J connectivity index is 1.55. The number of H-pyrrole nitrogens is 1. The van der Waals surface area contributed by atoms with E-state index in [1.807, 2.05) is 0 Å². The summed E-state index contributed by atoms with van der Waals surface area (Å²) in [5.74, 6) is -2.80. The molecule has 1 aliphatic rings. The third-order valence-corrected chi connectivity index (χ3v) is 7.15. The van der Waals surface area contributed by atoms with Crippen LogP contribution < -0.4 is 4.90 Å². The van der Waals surface area contributed by atoms with Gasteiger partial charge in [0.15, 0.2) is 11.6 Å². The summed E-state index contributed by atoms with van der Waals surface area (Å²) in [6.07, 6.45) is 5.19. The van der Waals surface area contributed by atoms with Gasteiger partial charge >= 0.3 is 0 Å². The highest BCUT2D eigenvalue weighted by atomic mass is 19.2. The summed E-state index contributed by atoms with van der Waals surface area (Å²) in [5, 5.41) is 13.6. The average molecular weight is 532 g/mol. The van der Waals surface area contributed by atoms with Crippen molar-refractivity contribution in [2.24, 2.45) is 5.92 Å². The Morgan fingerprint density at radius 2 is 1.72 bits per heavy atom. The van der Waals surface area contributed by atoms with Crippen LogP contribution in [0.4, 0.5) is 24.8 Å². The third kappa shape index (κ3) is 4.75. The molecular formula is C28H24F3N7O. The molecule has 39 heavy (non-hydrogen) atoms. The van der Waals surface area contributed by atoms with E-state index in [1.165, 1.54) is 17.0 Å². The Labute approximate surface area is 221 Å². The van der Waals surface area contributed by atoms with Crippen molar-refractivity contribution in [2.75, 3.05) is 4.90 Å². The molecule has 11 heteroatoms. The number of imidazole rings is 1. The zero-order valence-electron chi connectivity index (χ0n) is 20.8. The van der Waals surface area contributed by atoms with E-state index in [1.54, 1.807) is 41.0 Å². The minimum atomic E-state index is -1.05. The zero-order chi connectivity index (χ0) is 26.9. The van der Waals surface area contributed by atoms with Crippen LogP contribution in [-0.4, -0.2) is 36.1 Å². The van der Waals surface area contributed by atoms with Crippen LogP contribution in [0.25, 0.3) is 22.4 Å². The quantitative estimate of drug-likeness (QED) is 0.282. The molecule has 0 unspecified atom stereocenters. The number of carbonyl (C=O) groups is 1. The molecule has 0 saturated heterocycles. The number of benzene rings is 3. The van der Waals surface area contributed by atoms with Gasteiger partial charge in [-0.25, -0.2) is 23.1 Å². The Morgan fingerprint density at radius 1 is 0.949 bits per heavy atom. The predicted octanol–water partition coefficient (Wildman–Crippen LogP) is 6.19. The summed E-state index contributed by atoms with van der Waals surface area (Å²) in [6.45, 7) is 0.429. The summed E-state index contributed by atoms with van der Waals surface area (Å²) in [5.41, 5.74) is 1.10. The van der Waals surface area contributed by atoms with Crippen molar-refractivity contribution in [3.05, 3.63) is 83.7 Å². The average Bonchev–Trinajstić information content (AvgIpc) is 3.60. The van der Waals surface area contributed by atoms with Gasteiger partial charge in [0.2, 0.25) is 11.8 Å².